The Morgan fingerprint density at radius 3 is 2.18 bits per heavy atom. The number of carbonyl (C=O) groups is 2. The fourth-order valence-electron chi connectivity index (χ4n) is 3.78. The molecule has 2 unspecified atom stereocenters. The van der Waals surface area contributed by atoms with Gasteiger partial charge in [-0.05, 0) is 38.0 Å². The van der Waals surface area contributed by atoms with E-state index in [-0.39, 0.29) is 23.7 Å². The van der Waals surface area contributed by atoms with E-state index in [1.165, 1.54) is 5.56 Å². The van der Waals surface area contributed by atoms with Crippen molar-refractivity contribution in [2.45, 2.75) is 39.5 Å². The van der Waals surface area contributed by atoms with Gasteiger partial charge in [-0.1, -0.05) is 60.9 Å². The fourth-order valence-corrected chi connectivity index (χ4v) is 3.78. The molecule has 0 aromatic heterocycles. The van der Waals surface area contributed by atoms with E-state index >= 15 is 0 Å². The Balaban J connectivity index is 1.81. The summed E-state index contributed by atoms with van der Waals surface area (Å²) < 4.78 is 0. The van der Waals surface area contributed by atoms with Crippen LogP contribution in [0.15, 0.2) is 48.5 Å². The lowest BCUT2D eigenvalue weighted by Crippen LogP contribution is -2.36. The van der Waals surface area contributed by atoms with Crippen molar-refractivity contribution in [3.63, 3.8) is 0 Å². The van der Waals surface area contributed by atoms with Gasteiger partial charge < -0.3 is 10.2 Å². The Morgan fingerprint density at radius 1 is 0.964 bits per heavy atom. The summed E-state index contributed by atoms with van der Waals surface area (Å²) in [6, 6.07) is 16.0. The van der Waals surface area contributed by atoms with E-state index in [0.29, 0.717) is 25.2 Å². The molecule has 4 nitrogen and oxygen atoms in total. The van der Waals surface area contributed by atoms with Crippen LogP contribution < -0.4 is 5.32 Å². The maximum atomic E-state index is 13.0. The van der Waals surface area contributed by atoms with Crippen LogP contribution in [0.3, 0.4) is 0 Å². The van der Waals surface area contributed by atoms with Gasteiger partial charge in [-0.2, -0.15) is 0 Å². The summed E-state index contributed by atoms with van der Waals surface area (Å²) >= 11 is 0. The molecule has 3 rings (SSSR count). The van der Waals surface area contributed by atoms with Crippen LogP contribution in [0.5, 0.6) is 0 Å². The normalized spacial score (nSPS) is 18.9. The van der Waals surface area contributed by atoms with E-state index in [2.05, 4.69) is 43.4 Å². The molecule has 1 heterocycles. The largest absolute Gasteiger partial charge is 0.356 e. The molecule has 2 aromatic carbocycles. The quantitative estimate of drug-likeness (QED) is 0.770. The van der Waals surface area contributed by atoms with Crippen molar-refractivity contribution in [3.05, 3.63) is 70.8 Å². The van der Waals surface area contributed by atoms with Gasteiger partial charge in [0.05, 0.1) is 5.92 Å². The number of amides is 2. The maximum absolute atomic E-state index is 13.0. The number of benzene rings is 2. The van der Waals surface area contributed by atoms with Crippen LogP contribution in [0.1, 0.15) is 52.7 Å². The Kier molecular flexibility index (Phi) is 6.50. The lowest BCUT2D eigenvalue weighted by molar-refractivity contribution is -0.124. The van der Waals surface area contributed by atoms with Crippen LogP contribution in [0.25, 0.3) is 0 Å². The molecule has 1 aliphatic rings. The van der Waals surface area contributed by atoms with Crippen LogP contribution in [-0.2, 0) is 4.79 Å². The lowest BCUT2D eigenvalue weighted by atomic mass is 9.88. The zero-order chi connectivity index (χ0) is 20.1. The molecule has 1 fully saturated rings. The summed E-state index contributed by atoms with van der Waals surface area (Å²) in [7, 11) is 0. The molecular formula is C24H30N2O2. The van der Waals surface area contributed by atoms with Crippen molar-refractivity contribution in [1.29, 1.82) is 0 Å². The molecule has 4 heteroatoms. The summed E-state index contributed by atoms with van der Waals surface area (Å²) in [4.78, 5) is 27.7. The lowest BCUT2D eigenvalue weighted by Gasteiger charge is -2.18. The van der Waals surface area contributed by atoms with Gasteiger partial charge in [0.1, 0.15) is 0 Å². The Hall–Kier alpha value is -2.62. The standard InChI is InChI=1S/C24H30N2O2/c1-4-5-14-25-23(27)22-16-26(24(28)20-12-8-18(3)9-13-20)15-21(22)19-10-6-17(2)7-11-19/h6-13,21-22H,4-5,14-16H2,1-3H3,(H,25,27). The fraction of sp³-hybridized carbons (Fsp3) is 0.417. The van der Waals surface area contributed by atoms with Crippen molar-refractivity contribution in [3.8, 4) is 0 Å². The van der Waals surface area contributed by atoms with E-state index in [1.54, 1.807) is 0 Å². The van der Waals surface area contributed by atoms with Crippen molar-refractivity contribution < 1.29 is 9.59 Å². The number of rotatable bonds is 6. The minimum atomic E-state index is -0.214. The minimum absolute atomic E-state index is 0.000898. The van der Waals surface area contributed by atoms with Gasteiger partial charge in [-0.15, -0.1) is 0 Å². The summed E-state index contributed by atoms with van der Waals surface area (Å²) in [5.41, 5.74) is 4.13. The van der Waals surface area contributed by atoms with Crippen LogP contribution in [-0.4, -0.2) is 36.3 Å². The number of carbonyl (C=O) groups excluding carboxylic acids is 2. The highest BCUT2D eigenvalue weighted by Gasteiger charge is 2.40. The zero-order valence-corrected chi connectivity index (χ0v) is 17.1. The maximum Gasteiger partial charge on any atom is 0.253 e. The first-order valence-electron chi connectivity index (χ1n) is 10.2. The number of hydrogen-bond acceptors (Lipinski definition) is 2. The number of aryl methyl sites for hydroxylation is 2. The van der Waals surface area contributed by atoms with E-state index in [0.717, 1.165) is 24.0 Å². The number of nitrogens with one attached hydrogen (secondary N) is 1. The SMILES string of the molecule is CCCCNC(=O)C1CN(C(=O)c2ccc(C)cc2)CC1c1ccc(C)cc1. The Morgan fingerprint density at radius 2 is 1.57 bits per heavy atom. The van der Waals surface area contributed by atoms with Crippen molar-refractivity contribution in [1.82, 2.24) is 10.2 Å². The second kappa shape index (κ2) is 9.05. The number of unbranched alkanes of at least 4 members (excludes halogenated alkanes) is 1. The van der Waals surface area contributed by atoms with E-state index in [9.17, 15) is 9.59 Å². The van der Waals surface area contributed by atoms with Gasteiger partial charge in [0.2, 0.25) is 5.91 Å². The summed E-state index contributed by atoms with van der Waals surface area (Å²) in [6.45, 7) is 7.90. The molecule has 148 valence electrons. The van der Waals surface area contributed by atoms with Gasteiger partial charge in [0.25, 0.3) is 5.91 Å². The topological polar surface area (TPSA) is 49.4 Å². The molecule has 1 aliphatic heterocycles. The average molecular weight is 379 g/mol. The Bertz CT molecular complexity index is 812. The first kappa shape index (κ1) is 20.1. The molecule has 2 atom stereocenters. The molecule has 0 aliphatic carbocycles. The Labute approximate surface area is 167 Å². The molecule has 2 aromatic rings. The van der Waals surface area contributed by atoms with Crippen molar-refractivity contribution in [2.75, 3.05) is 19.6 Å². The van der Waals surface area contributed by atoms with E-state index in [1.807, 2.05) is 36.1 Å². The minimum Gasteiger partial charge on any atom is -0.356 e. The number of nitrogens with zero attached hydrogens (tertiary/aromatic N) is 1. The molecule has 28 heavy (non-hydrogen) atoms. The van der Waals surface area contributed by atoms with Crippen LogP contribution >= 0.6 is 0 Å². The molecule has 0 saturated carbocycles. The van der Waals surface area contributed by atoms with E-state index < -0.39 is 0 Å². The summed E-state index contributed by atoms with van der Waals surface area (Å²) in [5, 5.41) is 3.07. The van der Waals surface area contributed by atoms with Gasteiger partial charge in [0.15, 0.2) is 0 Å². The second-order valence-electron chi connectivity index (χ2n) is 7.84. The number of hydrogen-bond donors (Lipinski definition) is 1. The number of likely N-dealkylation sites (tertiary alicyclic amines) is 1. The molecule has 0 spiro atoms. The highest BCUT2D eigenvalue weighted by molar-refractivity contribution is 5.95. The zero-order valence-electron chi connectivity index (χ0n) is 17.1. The van der Waals surface area contributed by atoms with Gasteiger partial charge in [-0.3, -0.25) is 9.59 Å². The predicted octanol–water partition coefficient (Wildman–Crippen LogP) is 4.08. The molecule has 0 bridgehead atoms. The highest BCUT2D eigenvalue weighted by atomic mass is 16.2. The highest BCUT2D eigenvalue weighted by Crippen LogP contribution is 2.34. The van der Waals surface area contributed by atoms with Crippen LogP contribution in [0, 0.1) is 19.8 Å². The summed E-state index contributed by atoms with van der Waals surface area (Å²) in [5.74, 6) is -0.134. The smallest absolute Gasteiger partial charge is 0.253 e. The monoisotopic (exact) mass is 378 g/mol. The third-order valence-corrected chi connectivity index (χ3v) is 5.58. The predicted molar refractivity (Wildman–Crippen MR) is 112 cm³/mol. The second-order valence-corrected chi connectivity index (χ2v) is 7.84. The van der Waals surface area contributed by atoms with Gasteiger partial charge in [-0.25, -0.2) is 0 Å². The van der Waals surface area contributed by atoms with Crippen molar-refractivity contribution in [2.24, 2.45) is 5.92 Å². The summed E-state index contributed by atoms with van der Waals surface area (Å²) in [6.07, 6.45) is 2.02. The molecule has 2 amide bonds. The van der Waals surface area contributed by atoms with Gasteiger partial charge >= 0.3 is 0 Å². The first-order chi connectivity index (χ1) is 13.5. The average Bonchev–Trinajstić information content (AvgIpc) is 3.14. The molecule has 1 saturated heterocycles. The third kappa shape index (κ3) is 4.61. The van der Waals surface area contributed by atoms with Crippen LogP contribution in [0.4, 0.5) is 0 Å². The van der Waals surface area contributed by atoms with Gasteiger partial charge in [0, 0.05) is 31.1 Å². The van der Waals surface area contributed by atoms with Crippen LogP contribution in [0.2, 0.25) is 0 Å². The molecule has 0 radical (unpaired) electrons. The molecular weight excluding hydrogens is 348 g/mol. The first-order valence-corrected chi connectivity index (χ1v) is 10.2. The third-order valence-electron chi connectivity index (χ3n) is 5.58. The van der Waals surface area contributed by atoms with Crippen molar-refractivity contribution >= 4 is 11.8 Å². The molecule has 1 N–H and O–H groups in total. The van der Waals surface area contributed by atoms with E-state index in [4.69, 9.17) is 0 Å².